The molecular weight excluding hydrogens is 216 g/mol. The molecule has 4 nitrogen and oxygen atoms in total. The second-order valence-electron chi connectivity index (χ2n) is 2.34. The topological polar surface area (TPSA) is 55.4 Å². The summed E-state index contributed by atoms with van der Waals surface area (Å²) in [5.74, 6) is -2.34. The molecule has 0 aliphatic carbocycles. The van der Waals surface area contributed by atoms with Crippen LogP contribution in [-0.4, -0.2) is 15.5 Å². The molecule has 0 heterocycles. The van der Waals surface area contributed by atoms with Crippen LogP contribution in [0.4, 0.5) is 8.78 Å². The highest BCUT2D eigenvalue weighted by molar-refractivity contribution is 7.89. The molecule has 1 rings (SSSR count). The van der Waals surface area contributed by atoms with E-state index in [0.717, 1.165) is 25.3 Å². The molecule has 0 unspecified atom stereocenters. The van der Waals surface area contributed by atoms with Gasteiger partial charge in [0.25, 0.3) is 10.0 Å². The first-order valence-electron chi connectivity index (χ1n) is 3.48. The number of hydrogen-bond donors (Lipinski definition) is 1. The summed E-state index contributed by atoms with van der Waals surface area (Å²) < 4.78 is 48.2. The summed E-state index contributed by atoms with van der Waals surface area (Å²) in [7, 11) is -3.27. The molecule has 0 aliphatic heterocycles. The first-order valence-corrected chi connectivity index (χ1v) is 4.96. The van der Waals surface area contributed by atoms with Crippen LogP contribution >= 0.6 is 0 Å². The Bertz CT molecular complexity index is 412. The Hall–Kier alpha value is -1.05. The number of nitrogens with one attached hydrogen (secondary N) is 1. The molecule has 1 aromatic carbocycles. The van der Waals surface area contributed by atoms with E-state index in [2.05, 4.69) is 4.84 Å². The molecule has 14 heavy (non-hydrogen) atoms. The first-order chi connectivity index (χ1) is 6.49. The average molecular weight is 223 g/mol. The number of hydrogen-bond acceptors (Lipinski definition) is 3. The lowest BCUT2D eigenvalue weighted by atomic mass is 10.3. The van der Waals surface area contributed by atoms with E-state index in [1.165, 1.54) is 4.89 Å². The summed E-state index contributed by atoms with van der Waals surface area (Å²) in [5, 5.41) is 0. The van der Waals surface area contributed by atoms with E-state index >= 15 is 0 Å². The molecule has 1 aromatic rings. The Balaban J connectivity index is 3.32. The first kappa shape index (κ1) is 11.0. The van der Waals surface area contributed by atoms with Gasteiger partial charge < -0.3 is 0 Å². The predicted octanol–water partition coefficient (Wildman–Crippen LogP) is 0.805. The number of sulfonamides is 1. The van der Waals surface area contributed by atoms with Gasteiger partial charge in [-0.3, -0.25) is 4.84 Å². The van der Waals surface area contributed by atoms with Crippen molar-refractivity contribution in [2.75, 3.05) is 7.11 Å². The third kappa shape index (κ3) is 2.06. The van der Waals surface area contributed by atoms with E-state index in [0.29, 0.717) is 0 Å². The molecule has 0 aliphatic rings. The lowest BCUT2D eigenvalue weighted by Crippen LogP contribution is -2.24. The SMILES string of the molecule is CONS(=O)(=O)c1c(F)cccc1F. The van der Waals surface area contributed by atoms with Gasteiger partial charge in [-0.15, -0.1) is 0 Å². The van der Waals surface area contributed by atoms with E-state index in [1.54, 1.807) is 0 Å². The Morgan fingerprint density at radius 1 is 1.29 bits per heavy atom. The van der Waals surface area contributed by atoms with Crippen molar-refractivity contribution in [1.82, 2.24) is 4.89 Å². The smallest absolute Gasteiger partial charge is 0.268 e. The molecule has 0 saturated heterocycles. The van der Waals surface area contributed by atoms with Crippen LogP contribution in [0.5, 0.6) is 0 Å². The highest BCUT2D eigenvalue weighted by Gasteiger charge is 2.23. The van der Waals surface area contributed by atoms with Crippen molar-refractivity contribution in [1.29, 1.82) is 0 Å². The summed E-state index contributed by atoms with van der Waals surface area (Å²) in [5.41, 5.74) is 0. The molecule has 78 valence electrons. The molecule has 0 bridgehead atoms. The van der Waals surface area contributed by atoms with Gasteiger partial charge in [-0.05, 0) is 12.1 Å². The van der Waals surface area contributed by atoms with Gasteiger partial charge in [0, 0.05) is 0 Å². The zero-order valence-electron chi connectivity index (χ0n) is 7.12. The monoisotopic (exact) mass is 223 g/mol. The molecule has 0 aromatic heterocycles. The maximum atomic E-state index is 13.0. The summed E-state index contributed by atoms with van der Waals surface area (Å²) >= 11 is 0. The fraction of sp³-hybridized carbons (Fsp3) is 0.143. The molecule has 1 N–H and O–H groups in total. The van der Waals surface area contributed by atoms with Gasteiger partial charge in [0.15, 0.2) is 4.90 Å². The molecule has 7 heteroatoms. The Labute approximate surface area is 79.5 Å². The van der Waals surface area contributed by atoms with Crippen LogP contribution in [0.25, 0.3) is 0 Å². The normalized spacial score (nSPS) is 11.6. The van der Waals surface area contributed by atoms with Gasteiger partial charge in [-0.2, -0.15) is 0 Å². The zero-order chi connectivity index (χ0) is 10.8. The minimum atomic E-state index is -4.29. The molecule has 0 fully saturated rings. The number of halogens is 2. The van der Waals surface area contributed by atoms with Crippen molar-refractivity contribution in [2.24, 2.45) is 0 Å². The average Bonchev–Trinajstić information content (AvgIpc) is 2.02. The summed E-state index contributed by atoms with van der Waals surface area (Å²) in [6, 6.07) is 2.75. The van der Waals surface area contributed by atoms with Crippen molar-refractivity contribution in [3.8, 4) is 0 Å². The molecule has 0 spiro atoms. The van der Waals surface area contributed by atoms with E-state index in [9.17, 15) is 17.2 Å². The van der Waals surface area contributed by atoms with E-state index in [4.69, 9.17) is 0 Å². The van der Waals surface area contributed by atoms with Crippen LogP contribution < -0.4 is 4.89 Å². The van der Waals surface area contributed by atoms with Gasteiger partial charge >= 0.3 is 0 Å². The standard InChI is InChI=1S/C7H7F2NO3S/c1-13-10-14(11,12)7-5(8)3-2-4-6(7)9/h2-4,10H,1H3. The second-order valence-corrected chi connectivity index (χ2v) is 3.92. The van der Waals surface area contributed by atoms with E-state index in [-0.39, 0.29) is 0 Å². The van der Waals surface area contributed by atoms with Crippen molar-refractivity contribution in [3.05, 3.63) is 29.8 Å². The van der Waals surface area contributed by atoms with Crippen molar-refractivity contribution < 1.29 is 22.0 Å². The molecule has 0 amide bonds. The molecule has 0 radical (unpaired) electrons. The molecule has 0 atom stereocenters. The Morgan fingerprint density at radius 2 is 1.79 bits per heavy atom. The van der Waals surface area contributed by atoms with Crippen LogP contribution in [-0.2, 0) is 14.9 Å². The van der Waals surface area contributed by atoms with Crippen LogP contribution in [0, 0.1) is 11.6 Å². The lowest BCUT2D eigenvalue weighted by Gasteiger charge is -2.05. The van der Waals surface area contributed by atoms with Gasteiger partial charge in [0.2, 0.25) is 0 Å². The van der Waals surface area contributed by atoms with Crippen molar-refractivity contribution in [3.63, 3.8) is 0 Å². The molecular formula is C7H7F2NO3S. The Kier molecular flexibility index (Phi) is 3.14. The Morgan fingerprint density at radius 3 is 2.21 bits per heavy atom. The van der Waals surface area contributed by atoms with Gasteiger partial charge in [-0.25, -0.2) is 17.2 Å². The fourth-order valence-electron chi connectivity index (χ4n) is 0.891. The van der Waals surface area contributed by atoms with Crippen molar-refractivity contribution in [2.45, 2.75) is 4.90 Å². The number of benzene rings is 1. The second kappa shape index (κ2) is 3.99. The third-order valence-corrected chi connectivity index (χ3v) is 2.69. The lowest BCUT2D eigenvalue weighted by molar-refractivity contribution is 0.152. The van der Waals surface area contributed by atoms with Gasteiger partial charge in [-0.1, -0.05) is 11.0 Å². The van der Waals surface area contributed by atoms with Crippen LogP contribution in [0.1, 0.15) is 0 Å². The summed E-state index contributed by atoms with van der Waals surface area (Å²) in [6.07, 6.45) is 0. The highest BCUT2D eigenvalue weighted by Crippen LogP contribution is 2.17. The van der Waals surface area contributed by atoms with E-state index in [1.807, 2.05) is 0 Å². The predicted molar refractivity (Wildman–Crippen MR) is 43.7 cm³/mol. The third-order valence-electron chi connectivity index (χ3n) is 1.38. The zero-order valence-corrected chi connectivity index (χ0v) is 7.94. The summed E-state index contributed by atoms with van der Waals surface area (Å²) in [6.45, 7) is 0. The molecule has 0 saturated carbocycles. The maximum Gasteiger partial charge on any atom is 0.268 e. The maximum absolute atomic E-state index is 13.0. The van der Waals surface area contributed by atoms with Crippen LogP contribution in [0.15, 0.2) is 23.1 Å². The minimum Gasteiger partial charge on any atom is -0.290 e. The van der Waals surface area contributed by atoms with Crippen LogP contribution in [0.2, 0.25) is 0 Å². The van der Waals surface area contributed by atoms with E-state index < -0.39 is 26.6 Å². The van der Waals surface area contributed by atoms with Crippen molar-refractivity contribution >= 4 is 10.0 Å². The highest BCUT2D eigenvalue weighted by atomic mass is 32.2. The quantitative estimate of drug-likeness (QED) is 0.771. The largest absolute Gasteiger partial charge is 0.290 e. The van der Waals surface area contributed by atoms with Gasteiger partial charge in [0.1, 0.15) is 11.6 Å². The number of rotatable bonds is 3. The minimum absolute atomic E-state index is 0.841. The fourth-order valence-corrected chi connectivity index (χ4v) is 1.84. The van der Waals surface area contributed by atoms with Crippen LogP contribution in [0.3, 0.4) is 0 Å². The summed E-state index contributed by atoms with van der Waals surface area (Å²) in [4.78, 5) is 4.56. The van der Waals surface area contributed by atoms with Gasteiger partial charge in [0.05, 0.1) is 7.11 Å².